The second kappa shape index (κ2) is 7.46. The molecule has 3 N–H and O–H groups in total. The van der Waals surface area contributed by atoms with E-state index in [0.717, 1.165) is 0 Å². The topological polar surface area (TPSA) is 122 Å². The van der Waals surface area contributed by atoms with Gasteiger partial charge in [0.2, 0.25) is 0 Å². The van der Waals surface area contributed by atoms with E-state index in [2.05, 4.69) is 20.8 Å². The van der Waals surface area contributed by atoms with Gasteiger partial charge in [-0.05, 0) is 47.2 Å². The SMILES string of the molecule is C[C@@](O)(NCCOc1ccc(CC(=O)O)cc1)c1ccc2nnnn2c1. The maximum atomic E-state index is 10.7. The highest BCUT2D eigenvalue weighted by molar-refractivity contribution is 5.70. The molecule has 9 heteroatoms. The number of benzene rings is 1. The van der Waals surface area contributed by atoms with E-state index < -0.39 is 11.7 Å². The fourth-order valence-electron chi connectivity index (χ4n) is 2.47. The number of aromatic nitrogens is 4. The molecule has 0 amide bonds. The summed E-state index contributed by atoms with van der Waals surface area (Å²) < 4.78 is 7.08. The third-order valence-corrected chi connectivity index (χ3v) is 3.87. The molecule has 26 heavy (non-hydrogen) atoms. The van der Waals surface area contributed by atoms with E-state index in [1.807, 2.05) is 0 Å². The lowest BCUT2D eigenvalue weighted by Crippen LogP contribution is -2.41. The number of tetrazole rings is 1. The first-order chi connectivity index (χ1) is 12.4. The molecule has 0 saturated carbocycles. The molecular weight excluding hydrogens is 338 g/mol. The summed E-state index contributed by atoms with van der Waals surface area (Å²) in [5, 5.41) is 33.6. The smallest absolute Gasteiger partial charge is 0.307 e. The molecule has 0 aliphatic carbocycles. The average molecular weight is 357 g/mol. The first-order valence-corrected chi connectivity index (χ1v) is 8.03. The van der Waals surface area contributed by atoms with Crippen molar-refractivity contribution in [2.45, 2.75) is 19.1 Å². The number of carbonyl (C=O) groups is 1. The Morgan fingerprint density at radius 1 is 1.27 bits per heavy atom. The van der Waals surface area contributed by atoms with Gasteiger partial charge in [-0.25, -0.2) is 4.52 Å². The Bertz CT molecular complexity index is 892. The van der Waals surface area contributed by atoms with Gasteiger partial charge in [-0.3, -0.25) is 10.1 Å². The molecule has 0 saturated heterocycles. The summed E-state index contributed by atoms with van der Waals surface area (Å²) in [6, 6.07) is 10.4. The second-order valence-electron chi connectivity index (χ2n) is 5.96. The third-order valence-electron chi connectivity index (χ3n) is 3.87. The largest absolute Gasteiger partial charge is 0.492 e. The highest BCUT2D eigenvalue weighted by Crippen LogP contribution is 2.17. The van der Waals surface area contributed by atoms with Crippen LogP contribution in [0.25, 0.3) is 5.65 Å². The Morgan fingerprint density at radius 3 is 2.77 bits per heavy atom. The van der Waals surface area contributed by atoms with Gasteiger partial charge in [-0.2, -0.15) is 0 Å². The molecule has 1 aromatic carbocycles. The first kappa shape index (κ1) is 17.8. The van der Waals surface area contributed by atoms with E-state index in [-0.39, 0.29) is 6.42 Å². The van der Waals surface area contributed by atoms with Crippen LogP contribution in [0.2, 0.25) is 0 Å². The first-order valence-electron chi connectivity index (χ1n) is 8.03. The van der Waals surface area contributed by atoms with Crippen LogP contribution in [0.5, 0.6) is 5.75 Å². The summed E-state index contributed by atoms with van der Waals surface area (Å²) in [5.41, 5.74) is 0.660. The lowest BCUT2D eigenvalue weighted by Gasteiger charge is -2.25. The van der Waals surface area contributed by atoms with Gasteiger partial charge >= 0.3 is 5.97 Å². The summed E-state index contributed by atoms with van der Waals surface area (Å²) in [7, 11) is 0. The Labute approximate surface area is 149 Å². The van der Waals surface area contributed by atoms with Crippen molar-refractivity contribution in [3.8, 4) is 5.75 Å². The zero-order valence-electron chi connectivity index (χ0n) is 14.2. The normalized spacial score (nSPS) is 13.5. The lowest BCUT2D eigenvalue weighted by molar-refractivity contribution is -0.136. The Morgan fingerprint density at radius 2 is 2.04 bits per heavy atom. The van der Waals surface area contributed by atoms with Crippen molar-refractivity contribution in [3.05, 3.63) is 53.7 Å². The molecule has 0 aliphatic heterocycles. The van der Waals surface area contributed by atoms with Crippen LogP contribution in [0.4, 0.5) is 0 Å². The van der Waals surface area contributed by atoms with Crippen molar-refractivity contribution in [1.82, 2.24) is 25.4 Å². The third kappa shape index (κ3) is 4.32. The number of carboxylic acids is 1. The van der Waals surface area contributed by atoms with Crippen molar-refractivity contribution in [2.24, 2.45) is 0 Å². The van der Waals surface area contributed by atoms with Gasteiger partial charge in [-0.1, -0.05) is 12.1 Å². The molecule has 0 unspecified atom stereocenters. The minimum absolute atomic E-state index is 0.0175. The quantitative estimate of drug-likeness (QED) is 0.395. The number of aliphatic hydroxyl groups is 1. The van der Waals surface area contributed by atoms with Crippen LogP contribution in [0, 0.1) is 0 Å². The van der Waals surface area contributed by atoms with E-state index in [1.165, 1.54) is 4.52 Å². The van der Waals surface area contributed by atoms with Crippen molar-refractivity contribution >= 4 is 11.6 Å². The van der Waals surface area contributed by atoms with Gasteiger partial charge in [-0.15, -0.1) is 5.10 Å². The number of hydrogen-bond acceptors (Lipinski definition) is 7. The van der Waals surface area contributed by atoms with Gasteiger partial charge in [0.15, 0.2) is 5.65 Å². The Hall–Kier alpha value is -3.04. The molecule has 2 aromatic heterocycles. The van der Waals surface area contributed by atoms with Gasteiger partial charge in [0.05, 0.1) is 6.42 Å². The van der Waals surface area contributed by atoms with Crippen molar-refractivity contribution in [3.63, 3.8) is 0 Å². The summed E-state index contributed by atoms with van der Waals surface area (Å²) in [5.74, 6) is -0.236. The van der Waals surface area contributed by atoms with Crippen LogP contribution < -0.4 is 10.1 Å². The van der Waals surface area contributed by atoms with E-state index >= 15 is 0 Å². The molecule has 0 radical (unpaired) electrons. The van der Waals surface area contributed by atoms with E-state index in [4.69, 9.17) is 9.84 Å². The second-order valence-corrected chi connectivity index (χ2v) is 5.96. The van der Waals surface area contributed by atoms with Crippen molar-refractivity contribution in [1.29, 1.82) is 0 Å². The maximum absolute atomic E-state index is 10.7. The number of aliphatic carboxylic acids is 1. The molecule has 0 spiro atoms. The molecule has 3 aromatic rings. The van der Waals surface area contributed by atoms with Crippen LogP contribution in [0.1, 0.15) is 18.1 Å². The summed E-state index contributed by atoms with van der Waals surface area (Å²) >= 11 is 0. The van der Waals surface area contributed by atoms with Crippen molar-refractivity contribution < 1.29 is 19.7 Å². The van der Waals surface area contributed by atoms with Crippen LogP contribution in [0.15, 0.2) is 42.6 Å². The van der Waals surface area contributed by atoms with Crippen LogP contribution >= 0.6 is 0 Å². The maximum Gasteiger partial charge on any atom is 0.307 e. The molecule has 0 fully saturated rings. The number of pyridine rings is 1. The van der Waals surface area contributed by atoms with Crippen LogP contribution in [-0.4, -0.2) is 49.4 Å². The number of fused-ring (bicyclic) bond motifs is 1. The molecule has 1 atom stereocenters. The van der Waals surface area contributed by atoms with Crippen LogP contribution in [0.3, 0.4) is 0 Å². The molecular formula is C17H19N5O4. The number of rotatable bonds is 8. The van der Waals surface area contributed by atoms with Gasteiger partial charge in [0.1, 0.15) is 18.1 Å². The fraction of sp³-hybridized carbons (Fsp3) is 0.294. The minimum atomic E-state index is -1.27. The fourth-order valence-corrected chi connectivity index (χ4v) is 2.47. The molecule has 0 aliphatic rings. The number of nitrogens with one attached hydrogen (secondary N) is 1. The van der Waals surface area contributed by atoms with Gasteiger partial charge in [0.25, 0.3) is 0 Å². The minimum Gasteiger partial charge on any atom is -0.492 e. The van der Waals surface area contributed by atoms with E-state index in [9.17, 15) is 9.90 Å². The monoisotopic (exact) mass is 357 g/mol. The predicted molar refractivity (Wildman–Crippen MR) is 91.6 cm³/mol. The lowest BCUT2D eigenvalue weighted by atomic mass is 10.1. The zero-order valence-corrected chi connectivity index (χ0v) is 14.2. The highest BCUT2D eigenvalue weighted by atomic mass is 16.5. The number of hydrogen-bond donors (Lipinski definition) is 3. The molecule has 2 heterocycles. The Kier molecular flexibility index (Phi) is 5.10. The standard InChI is InChI=1S/C17H19N5O4/c1-17(25,13-4-7-15-19-20-21-22(15)11-13)18-8-9-26-14-5-2-12(3-6-14)10-16(23)24/h2-7,11,18,25H,8-10H2,1H3,(H,23,24)/t17-/m0/s1. The van der Waals surface area contributed by atoms with Gasteiger partial charge in [0, 0.05) is 18.3 Å². The molecule has 3 rings (SSSR count). The van der Waals surface area contributed by atoms with Crippen molar-refractivity contribution in [2.75, 3.05) is 13.2 Å². The number of carboxylic acid groups (broad SMARTS) is 1. The number of nitrogens with zero attached hydrogens (tertiary/aromatic N) is 4. The zero-order chi connectivity index (χ0) is 18.6. The Balaban J connectivity index is 1.51. The highest BCUT2D eigenvalue weighted by Gasteiger charge is 2.23. The van der Waals surface area contributed by atoms with Gasteiger partial charge < -0.3 is 14.9 Å². The predicted octanol–water partition coefficient (Wildman–Crippen LogP) is 0.585. The summed E-state index contributed by atoms with van der Waals surface area (Å²) in [6.07, 6.45) is 1.64. The summed E-state index contributed by atoms with van der Waals surface area (Å²) in [4.78, 5) is 10.7. The van der Waals surface area contributed by atoms with E-state index in [0.29, 0.717) is 35.7 Å². The molecule has 136 valence electrons. The molecule has 9 nitrogen and oxygen atoms in total. The van der Waals surface area contributed by atoms with E-state index in [1.54, 1.807) is 49.5 Å². The molecule has 0 bridgehead atoms. The summed E-state index contributed by atoms with van der Waals surface area (Å²) in [6.45, 7) is 2.37. The average Bonchev–Trinajstić information content (AvgIpc) is 3.07. The number of ether oxygens (including phenoxy) is 1. The van der Waals surface area contributed by atoms with Crippen LogP contribution in [-0.2, 0) is 16.9 Å².